The number of aromatic nitrogens is 3. The molecule has 0 unspecified atom stereocenters. The third-order valence-corrected chi connectivity index (χ3v) is 7.32. The molecule has 0 atom stereocenters. The van der Waals surface area contributed by atoms with Crippen molar-refractivity contribution in [1.82, 2.24) is 24.8 Å². The first-order chi connectivity index (χ1) is 19.4. The Morgan fingerprint density at radius 2 is 1.90 bits per heavy atom. The lowest BCUT2D eigenvalue weighted by atomic mass is 10.1. The van der Waals surface area contributed by atoms with Crippen molar-refractivity contribution in [3.8, 4) is 5.75 Å². The summed E-state index contributed by atoms with van der Waals surface area (Å²) in [5, 5.41) is 19.8. The number of unbranched alkanes of at least 4 members (excludes halogenated alkanes) is 4. The summed E-state index contributed by atoms with van der Waals surface area (Å²) in [6.07, 6.45) is 11.0. The zero-order chi connectivity index (χ0) is 28.5. The second-order valence-corrected chi connectivity index (χ2v) is 10.5. The van der Waals surface area contributed by atoms with Crippen molar-refractivity contribution in [2.45, 2.75) is 63.8 Å². The number of carbonyl (C=O) groups excluding carboxylic acids is 2. The number of thiocarbonyl (C=S) groups is 1. The van der Waals surface area contributed by atoms with Crippen molar-refractivity contribution in [3.63, 3.8) is 0 Å². The summed E-state index contributed by atoms with van der Waals surface area (Å²) in [5.74, 6) is -0.0819. The summed E-state index contributed by atoms with van der Waals surface area (Å²) < 4.78 is 2.04. The zero-order valence-corrected chi connectivity index (χ0v) is 24.0. The Hall–Kier alpha value is -3.82. The summed E-state index contributed by atoms with van der Waals surface area (Å²) in [5.41, 5.74) is 2.05. The number of hydrogen-bond donors (Lipinski definition) is 3. The highest BCUT2D eigenvalue weighted by molar-refractivity contribution is 7.78. The van der Waals surface area contributed by atoms with E-state index in [4.69, 9.17) is 4.98 Å². The number of amides is 2. The number of hydrogen-bond acceptors (Lipinski definition) is 8. The molecular formula is C29H37N7O3S. The lowest BCUT2D eigenvalue weighted by Crippen LogP contribution is -2.25. The molecule has 4 rings (SSSR count). The van der Waals surface area contributed by atoms with Crippen LogP contribution in [0.2, 0.25) is 0 Å². The molecule has 3 N–H and O–H groups in total. The van der Waals surface area contributed by atoms with Crippen molar-refractivity contribution in [1.29, 1.82) is 0 Å². The van der Waals surface area contributed by atoms with Gasteiger partial charge in [0, 0.05) is 50.4 Å². The van der Waals surface area contributed by atoms with Gasteiger partial charge in [-0.2, -0.15) is 4.98 Å². The maximum Gasteiger partial charge on any atom is 0.270 e. The molecule has 11 heteroatoms. The number of nitrogens with one attached hydrogen (secondary N) is 2. The molecule has 0 spiro atoms. The van der Waals surface area contributed by atoms with Crippen molar-refractivity contribution < 1.29 is 14.7 Å². The summed E-state index contributed by atoms with van der Waals surface area (Å²) >= 11 is 4.55. The lowest BCUT2D eigenvalue weighted by Gasteiger charge is -2.19. The Kier molecular flexibility index (Phi) is 10.2. The Bertz CT molecular complexity index is 1390. The molecule has 3 aromatic rings. The normalized spacial score (nSPS) is 13.2. The maximum absolute atomic E-state index is 12.9. The summed E-state index contributed by atoms with van der Waals surface area (Å²) in [4.78, 5) is 40.1. The van der Waals surface area contributed by atoms with Crippen LogP contribution in [0.3, 0.4) is 0 Å². The standard InChI is InChI=1S/C29H37N7O3S/c1-35(2)28(39)24-16-21-18-32-29(34-26(21)36(24)22-10-6-7-11-22)33-23-13-12-20(17-25(23)37)27(38)31-15-9-5-3-4-8-14-30-19-40/h12-13,16-18,22,37H,3-11,14-15H2,1-2H3,(H,31,38)(H,32,33,34). The number of phenols is 1. The van der Waals surface area contributed by atoms with E-state index in [2.05, 4.69) is 38.0 Å². The fourth-order valence-electron chi connectivity index (χ4n) is 5.09. The number of phenolic OH excluding ortho intramolecular Hbond substituents is 1. The molecule has 2 aromatic heterocycles. The maximum atomic E-state index is 12.9. The van der Waals surface area contributed by atoms with E-state index in [1.807, 2.05) is 10.6 Å². The third-order valence-electron chi connectivity index (χ3n) is 7.19. The monoisotopic (exact) mass is 563 g/mol. The van der Waals surface area contributed by atoms with Crippen LogP contribution in [0.15, 0.2) is 35.5 Å². The highest BCUT2D eigenvalue weighted by Gasteiger charge is 2.26. The van der Waals surface area contributed by atoms with Crippen LogP contribution >= 0.6 is 12.2 Å². The molecule has 1 aliphatic carbocycles. The smallest absolute Gasteiger partial charge is 0.270 e. The van der Waals surface area contributed by atoms with Crippen molar-refractivity contribution in [2.24, 2.45) is 4.99 Å². The molecule has 1 aromatic carbocycles. The molecule has 0 aliphatic heterocycles. The van der Waals surface area contributed by atoms with Crippen LogP contribution in [-0.2, 0) is 0 Å². The molecular weight excluding hydrogens is 526 g/mol. The number of isothiocyanates is 1. The third kappa shape index (κ3) is 7.22. The second-order valence-electron chi connectivity index (χ2n) is 10.4. The zero-order valence-electron chi connectivity index (χ0n) is 23.2. The number of fused-ring (bicyclic) bond motifs is 1. The first kappa shape index (κ1) is 29.2. The summed E-state index contributed by atoms with van der Waals surface area (Å²) in [6, 6.07) is 6.78. The number of aliphatic imine (C=N–C) groups is 1. The predicted octanol–water partition coefficient (Wildman–Crippen LogP) is 5.48. The van der Waals surface area contributed by atoms with E-state index in [9.17, 15) is 14.7 Å². The molecule has 40 heavy (non-hydrogen) atoms. The Balaban J connectivity index is 1.40. The molecule has 2 heterocycles. The van der Waals surface area contributed by atoms with Crippen LogP contribution in [0.5, 0.6) is 5.75 Å². The van der Waals surface area contributed by atoms with Gasteiger partial charge < -0.3 is 25.2 Å². The van der Waals surface area contributed by atoms with Gasteiger partial charge in [0.1, 0.15) is 17.1 Å². The van der Waals surface area contributed by atoms with Gasteiger partial charge in [0.25, 0.3) is 11.8 Å². The molecule has 0 radical (unpaired) electrons. The van der Waals surface area contributed by atoms with Crippen LogP contribution in [-0.4, -0.2) is 68.7 Å². The Morgan fingerprint density at radius 1 is 1.15 bits per heavy atom. The van der Waals surface area contributed by atoms with Crippen LogP contribution in [0.25, 0.3) is 11.0 Å². The summed E-state index contributed by atoms with van der Waals surface area (Å²) in [7, 11) is 3.49. The number of carbonyl (C=O) groups is 2. The van der Waals surface area contributed by atoms with E-state index in [1.54, 1.807) is 37.3 Å². The van der Waals surface area contributed by atoms with Crippen LogP contribution in [0.4, 0.5) is 11.6 Å². The van der Waals surface area contributed by atoms with Crippen molar-refractivity contribution in [2.75, 3.05) is 32.5 Å². The molecule has 0 saturated heterocycles. The summed E-state index contributed by atoms with van der Waals surface area (Å²) in [6.45, 7) is 1.30. The van der Waals surface area contributed by atoms with Crippen LogP contribution < -0.4 is 10.6 Å². The predicted molar refractivity (Wildman–Crippen MR) is 160 cm³/mol. The number of rotatable bonds is 13. The van der Waals surface area contributed by atoms with Gasteiger partial charge in [0.15, 0.2) is 0 Å². The molecule has 1 aliphatic rings. The number of benzene rings is 1. The topological polar surface area (TPSA) is 125 Å². The van der Waals surface area contributed by atoms with Gasteiger partial charge in [-0.15, -0.1) is 0 Å². The fraction of sp³-hybridized carbons (Fsp3) is 0.483. The Labute approximate surface area is 239 Å². The first-order valence-corrected chi connectivity index (χ1v) is 14.3. The van der Waals surface area contributed by atoms with Crippen LogP contribution in [0.1, 0.15) is 84.7 Å². The van der Waals surface area contributed by atoms with Crippen molar-refractivity contribution in [3.05, 3.63) is 41.7 Å². The van der Waals surface area contributed by atoms with E-state index in [1.165, 1.54) is 6.07 Å². The minimum absolute atomic E-state index is 0.0704. The highest BCUT2D eigenvalue weighted by atomic mass is 32.1. The average Bonchev–Trinajstić information content (AvgIpc) is 3.60. The molecule has 2 amide bonds. The van der Waals surface area contributed by atoms with E-state index in [0.29, 0.717) is 35.1 Å². The molecule has 10 nitrogen and oxygen atoms in total. The van der Waals surface area contributed by atoms with Gasteiger partial charge in [-0.3, -0.25) is 9.59 Å². The second kappa shape index (κ2) is 14.0. The highest BCUT2D eigenvalue weighted by Crippen LogP contribution is 2.35. The van der Waals surface area contributed by atoms with E-state index in [-0.39, 0.29) is 23.6 Å². The van der Waals surface area contributed by atoms with Gasteiger partial charge in [-0.25, -0.2) is 9.98 Å². The number of aromatic hydroxyl groups is 1. The SMILES string of the molecule is CN(C)C(=O)c1cc2cnc(Nc3ccc(C(=O)NCCCCCCCN=C=S)cc3O)nc2n1C1CCCC1. The minimum atomic E-state index is -0.234. The van der Waals surface area contributed by atoms with Gasteiger partial charge >= 0.3 is 0 Å². The lowest BCUT2D eigenvalue weighted by molar-refractivity contribution is 0.0815. The van der Waals surface area contributed by atoms with E-state index >= 15 is 0 Å². The van der Waals surface area contributed by atoms with E-state index < -0.39 is 0 Å². The fourth-order valence-corrected chi connectivity index (χ4v) is 5.18. The van der Waals surface area contributed by atoms with Gasteiger partial charge in [0.05, 0.1) is 10.8 Å². The number of nitrogens with zero attached hydrogens (tertiary/aromatic N) is 5. The van der Waals surface area contributed by atoms with Gasteiger partial charge in [-0.1, -0.05) is 32.1 Å². The molecule has 1 saturated carbocycles. The van der Waals surface area contributed by atoms with Gasteiger partial charge in [-0.05, 0) is 62.2 Å². The van der Waals surface area contributed by atoms with Crippen molar-refractivity contribution >= 4 is 51.9 Å². The minimum Gasteiger partial charge on any atom is -0.506 e. The first-order valence-electron chi connectivity index (χ1n) is 13.9. The van der Waals surface area contributed by atoms with Gasteiger partial charge in [0.2, 0.25) is 5.95 Å². The van der Waals surface area contributed by atoms with Crippen LogP contribution in [0, 0.1) is 0 Å². The number of anilines is 2. The van der Waals surface area contributed by atoms with E-state index in [0.717, 1.165) is 69.7 Å². The molecule has 0 bridgehead atoms. The quantitative estimate of drug-likeness (QED) is 0.109. The molecule has 1 fully saturated rings. The average molecular weight is 564 g/mol. The molecule has 212 valence electrons. The Morgan fingerprint density at radius 3 is 2.62 bits per heavy atom. The largest absolute Gasteiger partial charge is 0.506 e.